The lowest BCUT2D eigenvalue weighted by atomic mass is 10.1. The minimum Gasteiger partial charge on any atom is -0.495 e. The van der Waals surface area contributed by atoms with Gasteiger partial charge in [0.25, 0.3) is 0 Å². The minimum absolute atomic E-state index is 0.102. The van der Waals surface area contributed by atoms with Crippen molar-refractivity contribution in [2.75, 3.05) is 23.9 Å². The highest BCUT2D eigenvalue weighted by Crippen LogP contribution is 2.38. The van der Waals surface area contributed by atoms with Crippen LogP contribution in [-0.2, 0) is 9.59 Å². The van der Waals surface area contributed by atoms with E-state index in [9.17, 15) is 9.59 Å². The number of nitrogens with zero attached hydrogens (tertiary/aromatic N) is 3. The molecule has 1 fully saturated rings. The number of benzene rings is 2. The number of aromatic nitrogens is 2. The van der Waals surface area contributed by atoms with Crippen molar-refractivity contribution in [3.05, 3.63) is 60.2 Å². The van der Waals surface area contributed by atoms with E-state index in [1.165, 1.54) is 16.9 Å². The topological polar surface area (TPSA) is 84.4 Å². The van der Waals surface area contributed by atoms with Gasteiger partial charge < -0.3 is 15.0 Å². The van der Waals surface area contributed by atoms with Crippen LogP contribution in [0, 0.1) is 5.92 Å². The SMILES string of the molecule is COc1ccccc1N1CC(C(=O)Nc2nnc(SC(C)c3ccccc3)s2)CC1=O. The molecule has 2 aromatic carbocycles. The second-order valence-electron chi connectivity index (χ2n) is 7.11. The summed E-state index contributed by atoms with van der Waals surface area (Å²) in [6.07, 6.45) is 0.148. The van der Waals surface area contributed by atoms with E-state index in [1.54, 1.807) is 29.8 Å². The first-order valence-corrected chi connectivity index (χ1v) is 11.5. The average molecular weight is 455 g/mol. The summed E-state index contributed by atoms with van der Waals surface area (Å²) in [5, 5.41) is 11.8. The Hall–Kier alpha value is -2.91. The summed E-state index contributed by atoms with van der Waals surface area (Å²) in [6, 6.07) is 17.5. The van der Waals surface area contributed by atoms with Crippen LogP contribution >= 0.6 is 23.1 Å². The van der Waals surface area contributed by atoms with E-state index in [1.807, 2.05) is 36.4 Å². The first-order valence-electron chi connectivity index (χ1n) is 9.84. The van der Waals surface area contributed by atoms with E-state index in [4.69, 9.17) is 4.74 Å². The van der Waals surface area contributed by atoms with Crippen LogP contribution in [0.5, 0.6) is 5.75 Å². The van der Waals surface area contributed by atoms with Gasteiger partial charge in [-0.3, -0.25) is 9.59 Å². The molecule has 1 N–H and O–H groups in total. The molecule has 0 radical (unpaired) electrons. The number of para-hydroxylation sites is 2. The predicted molar refractivity (Wildman–Crippen MR) is 123 cm³/mol. The summed E-state index contributed by atoms with van der Waals surface area (Å²) in [5.41, 5.74) is 1.88. The van der Waals surface area contributed by atoms with Gasteiger partial charge in [-0.25, -0.2) is 0 Å². The molecule has 2 atom stereocenters. The molecule has 1 aliphatic heterocycles. The average Bonchev–Trinajstić information content (AvgIpc) is 3.40. The van der Waals surface area contributed by atoms with Gasteiger partial charge in [0.15, 0.2) is 4.34 Å². The number of anilines is 2. The molecule has 0 spiro atoms. The monoisotopic (exact) mass is 454 g/mol. The number of carbonyl (C=O) groups excluding carboxylic acids is 2. The fraction of sp³-hybridized carbons (Fsp3) is 0.273. The highest BCUT2D eigenvalue weighted by molar-refractivity contribution is 8.01. The van der Waals surface area contributed by atoms with Crippen molar-refractivity contribution in [3.63, 3.8) is 0 Å². The van der Waals surface area contributed by atoms with Gasteiger partial charge >= 0.3 is 0 Å². The van der Waals surface area contributed by atoms with Crippen LogP contribution in [-0.4, -0.2) is 35.7 Å². The predicted octanol–water partition coefficient (Wildman–Crippen LogP) is 4.39. The highest BCUT2D eigenvalue weighted by atomic mass is 32.2. The molecule has 0 bridgehead atoms. The van der Waals surface area contributed by atoms with E-state index in [0.29, 0.717) is 23.1 Å². The maximum atomic E-state index is 12.8. The van der Waals surface area contributed by atoms with Gasteiger partial charge in [0.05, 0.1) is 18.7 Å². The van der Waals surface area contributed by atoms with Crippen LogP contribution in [0.3, 0.4) is 0 Å². The molecule has 3 aromatic rings. The summed E-state index contributed by atoms with van der Waals surface area (Å²) < 4.78 is 6.13. The number of carbonyl (C=O) groups is 2. The summed E-state index contributed by atoms with van der Waals surface area (Å²) in [4.78, 5) is 26.9. The summed E-state index contributed by atoms with van der Waals surface area (Å²) >= 11 is 2.93. The number of methoxy groups -OCH3 is 1. The molecule has 2 heterocycles. The van der Waals surface area contributed by atoms with E-state index in [-0.39, 0.29) is 23.5 Å². The third-order valence-corrected chi connectivity index (χ3v) is 7.14. The second-order valence-corrected chi connectivity index (χ2v) is 9.68. The van der Waals surface area contributed by atoms with E-state index >= 15 is 0 Å². The fourth-order valence-electron chi connectivity index (χ4n) is 3.43. The van der Waals surface area contributed by atoms with E-state index in [2.05, 4.69) is 34.6 Å². The van der Waals surface area contributed by atoms with Gasteiger partial charge in [0.2, 0.25) is 16.9 Å². The summed E-state index contributed by atoms with van der Waals surface area (Å²) in [6.45, 7) is 2.41. The van der Waals surface area contributed by atoms with Crippen molar-refractivity contribution < 1.29 is 14.3 Å². The van der Waals surface area contributed by atoms with E-state index < -0.39 is 5.92 Å². The molecule has 2 amide bonds. The Kier molecular flexibility index (Phi) is 6.53. The quantitative estimate of drug-likeness (QED) is 0.421. The van der Waals surface area contributed by atoms with Gasteiger partial charge in [-0.2, -0.15) is 0 Å². The lowest BCUT2D eigenvalue weighted by molar-refractivity contribution is -0.122. The van der Waals surface area contributed by atoms with Crippen LogP contribution in [0.25, 0.3) is 0 Å². The Balaban J connectivity index is 1.37. The van der Waals surface area contributed by atoms with Crippen LogP contribution in [0.4, 0.5) is 10.8 Å². The zero-order chi connectivity index (χ0) is 21.8. The first-order chi connectivity index (χ1) is 15.0. The molecular weight excluding hydrogens is 432 g/mol. The number of nitrogens with one attached hydrogen (secondary N) is 1. The van der Waals surface area contributed by atoms with Gasteiger partial charge in [-0.05, 0) is 24.6 Å². The lowest BCUT2D eigenvalue weighted by Crippen LogP contribution is -2.28. The van der Waals surface area contributed by atoms with Gasteiger partial charge in [0.1, 0.15) is 5.75 Å². The third kappa shape index (κ3) is 4.88. The molecule has 7 nitrogen and oxygen atoms in total. The number of hydrogen-bond acceptors (Lipinski definition) is 7. The van der Waals surface area contributed by atoms with Crippen molar-refractivity contribution in [1.29, 1.82) is 0 Å². The molecule has 160 valence electrons. The minimum atomic E-state index is -0.458. The highest BCUT2D eigenvalue weighted by Gasteiger charge is 2.36. The van der Waals surface area contributed by atoms with Crippen molar-refractivity contribution in [2.45, 2.75) is 22.9 Å². The Morgan fingerprint density at radius 2 is 1.94 bits per heavy atom. The lowest BCUT2D eigenvalue weighted by Gasteiger charge is -2.19. The number of ether oxygens (including phenoxy) is 1. The maximum Gasteiger partial charge on any atom is 0.231 e. The summed E-state index contributed by atoms with van der Waals surface area (Å²) in [7, 11) is 1.56. The van der Waals surface area contributed by atoms with Crippen LogP contribution in [0.15, 0.2) is 58.9 Å². The largest absolute Gasteiger partial charge is 0.495 e. The molecule has 31 heavy (non-hydrogen) atoms. The zero-order valence-electron chi connectivity index (χ0n) is 17.1. The Morgan fingerprint density at radius 1 is 1.19 bits per heavy atom. The second kappa shape index (κ2) is 9.49. The van der Waals surface area contributed by atoms with Gasteiger partial charge in [0, 0.05) is 18.2 Å². The molecule has 2 unspecified atom stereocenters. The molecule has 9 heteroatoms. The Bertz CT molecular complexity index is 1070. The Labute approximate surface area is 188 Å². The molecule has 0 aliphatic carbocycles. The van der Waals surface area contributed by atoms with Crippen molar-refractivity contribution in [1.82, 2.24) is 10.2 Å². The Morgan fingerprint density at radius 3 is 2.71 bits per heavy atom. The third-order valence-electron chi connectivity index (χ3n) is 5.05. The summed E-state index contributed by atoms with van der Waals surface area (Å²) in [5.74, 6) is -0.180. The number of thioether (sulfide) groups is 1. The molecule has 0 saturated carbocycles. The fourth-order valence-corrected chi connectivity index (χ4v) is 5.45. The molecule has 1 saturated heterocycles. The number of rotatable bonds is 7. The van der Waals surface area contributed by atoms with Crippen LogP contribution in [0.2, 0.25) is 0 Å². The number of hydrogen-bond donors (Lipinski definition) is 1. The van der Waals surface area contributed by atoms with Crippen molar-refractivity contribution >= 4 is 45.7 Å². The zero-order valence-corrected chi connectivity index (χ0v) is 18.8. The maximum absolute atomic E-state index is 12.8. The van der Waals surface area contributed by atoms with Crippen LogP contribution < -0.4 is 15.0 Å². The standard InChI is InChI=1S/C22H22N4O3S2/c1-14(15-8-4-3-5-9-15)30-22-25-24-21(31-22)23-20(28)16-12-19(27)26(13-16)17-10-6-7-11-18(17)29-2/h3-11,14,16H,12-13H2,1-2H3,(H,23,24,28). The first kappa shape index (κ1) is 21.3. The smallest absolute Gasteiger partial charge is 0.231 e. The van der Waals surface area contributed by atoms with Gasteiger partial charge in [-0.15, -0.1) is 10.2 Å². The molecule has 1 aromatic heterocycles. The van der Waals surface area contributed by atoms with Gasteiger partial charge in [-0.1, -0.05) is 65.6 Å². The molecular formula is C22H22N4O3S2. The number of amides is 2. The van der Waals surface area contributed by atoms with Crippen LogP contribution in [0.1, 0.15) is 24.2 Å². The molecule has 4 rings (SSSR count). The normalized spacial score (nSPS) is 16.9. The molecule has 1 aliphatic rings. The van der Waals surface area contributed by atoms with Crippen molar-refractivity contribution in [2.24, 2.45) is 5.92 Å². The van der Waals surface area contributed by atoms with E-state index in [0.717, 1.165) is 4.34 Å². The van der Waals surface area contributed by atoms with Crippen molar-refractivity contribution in [3.8, 4) is 5.75 Å².